The molecule has 0 aliphatic rings. The van der Waals surface area contributed by atoms with Gasteiger partial charge in [-0.3, -0.25) is 0 Å². The lowest BCUT2D eigenvalue weighted by atomic mass is 10.2. The van der Waals surface area contributed by atoms with Crippen LogP contribution in [-0.4, -0.2) is 28.4 Å². The first-order chi connectivity index (χ1) is 10.7. The Morgan fingerprint density at radius 3 is 2.73 bits per heavy atom. The van der Waals surface area contributed by atoms with E-state index >= 15 is 0 Å². The monoisotopic (exact) mass is 317 g/mol. The summed E-state index contributed by atoms with van der Waals surface area (Å²) in [5.74, 6) is 0.0546. The molecule has 3 aromatic rings. The highest BCUT2D eigenvalue weighted by Gasteiger charge is 2.15. The number of ether oxygens (including phenoxy) is 1. The Morgan fingerprint density at radius 2 is 2.05 bits per heavy atom. The van der Waals surface area contributed by atoms with E-state index in [1.807, 2.05) is 11.4 Å². The number of aromatic carboxylic acids is 1. The number of nitrogens with zero attached hydrogens (tertiary/aromatic N) is 2. The van der Waals surface area contributed by atoms with Crippen LogP contribution in [0, 0.1) is 0 Å². The normalized spacial score (nSPS) is 10.4. The van der Waals surface area contributed by atoms with Gasteiger partial charge in [0.1, 0.15) is 10.6 Å². The predicted molar refractivity (Wildman–Crippen MR) is 80.8 cm³/mol. The van der Waals surface area contributed by atoms with E-state index in [2.05, 4.69) is 15.5 Å². The molecule has 0 bridgehead atoms. The van der Waals surface area contributed by atoms with Gasteiger partial charge in [0, 0.05) is 5.69 Å². The number of carboxylic acid groups (broad SMARTS) is 1. The van der Waals surface area contributed by atoms with Crippen LogP contribution in [0.2, 0.25) is 0 Å². The summed E-state index contributed by atoms with van der Waals surface area (Å²) < 4.78 is 10.7. The van der Waals surface area contributed by atoms with Crippen LogP contribution in [0.3, 0.4) is 0 Å². The number of benzene rings is 1. The SMILES string of the molecule is COc1ccsc1-c1nnc(Nc2ccc(C(=O)O)cc2)o1. The molecule has 7 nitrogen and oxygen atoms in total. The molecule has 0 atom stereocenters. The minimum atomic E-state index is -0.976. The molecule has 2 aromatic heterocycles. The van der Waals surface area contributed by atoms with Gasteiger partial charge >= 0.3 is 12.0 Å². The summed E-state index contributed by atoms with van der Waals surface area (Å²) in [5.41, 5.74) is 0.860. The second-order valence-corrected chi connectivity index (χ2v) is 5.15. The van der Waals surface area contributed by atoms with Gasteiger partial charge in [0.15, 0.2) is 0 Å². The van der Waals surface area contributed by atoms with E-state index in [1.165, 1.54) is 23.5 Å². The van der Waals surface area contributed by atoms with Crippen LogP contribution in [-0.2, 0) is 0 Å². The average Bonchev–Trinajstić information content (AvgIpc) is 3.15. The molecular weight excluding hydrogens is 306 g/mol. The van der Waals surface area contributed by atoms with Crippen LogP contribution in [0.15, 0.2) is 40.1 Å². The maximum atomic E-state index is 10.8. The average molecular weight is 317 g/mol. The van der Waals surface area contributed by atoms with Gasteiger partial charge in [0.05, 0.1) is 12.7 Å². The molecule has 0 unspecified atom stereocenters. The molecule has 0 aliphatic heterocycles. The minimum Gasteiger partial charge on any atom is -0.495 e. The fourth-order valence-corrected chi connectivity index (χ4v) is 2.58. The molecule has 2 N–H and O–H groups in total. The van der Waals surface area contributed by atoms with Gasteiger partial charge in [0.25, 0.3) is 5.89 Å². The Morgan fingerprint density at radius 1 is 1.27 bits per heavy atom. The minimum absolute atomic E-state index is 0.208. The van der Waals surface area contributed by atoms with Crippen molar-refractivity contribution < 1.29 is 19.1 Å². The molecule has 0 saturated carbocycles. The van der Waals surface area contributed by atoms with Gasteiger partial charge in [-0.1, -0.05) is 5.10 Å². The van der Waals surface area contributed by atoms with E-state index in [4.69, 9.17) is 14.3 Å². The van der Waals surface area contributed by atoms with Gasteiger partial charge in [-0.15, -0.1) is 16.4 Å². The molecule has 0 spiro atoms. The number of methoxy groups -OCH3 is 1. The zero-order chi connectivity index (χ0) is 15.5. The van der Waals surface area contributed by atoms with E-state index in [-0.39, 0.29) is 11.6 Å². The highest BCUT2D eigenvalue weighted by molar-refractivity contribution is 7.13. The molecule has 112 valence electrons. The standard InChI is InChI=1S/C14H11N3O4S/c1-20-10-6-7-22-11(10)12-16-17-14(21-12)15-9-4-2-8(3-5-9)13(18)19/h2-7H,1H3,(H,15,17)(H,18,19). The van der Waals surface area contributed by atoms with Crippen LogP contribution >= 0.6 is 11.3 Å². The van der Waals surface area contributed by atoms with Crippen LogP contribution in [0.1, 0.15) is 10.4 Å². The number of thiophene rings is 1. The van der Waals surface area contributed by atoms with Crippen molar-refractivity contribution in [3.05, 3.63) is 41.3 Å². The van der Waals surface area contributed by atoms with E-state index in [0.717, 1.165) is 4.88 Å². The van der Waals surface area contributed by atoms with E-state index < -0.39 is 5.97 Å². The molecule has 0 radical (unpaired) electrons. The van der Waals surface area contributed by atoms with E-state index in [1.54, 1.807) is 19.2 Å². The summed E-state index contributed by atoms with van der Waals surface area (Å²) in [7, 11) is 1.57. The molecule has 0 saturated heterocycles. The summed E-state index contributed by atoms with van der Waals surface area (Å²) in [6, 6.07) is 8.27. The number of rotatable bonds is 5. The van der Waals surface area contributed by atoms with Gasteiger partial charge in [-0.25, -0.2) is 4.79 Å². The Bertz CT molecular complexity index is 795. The molecule has 22 heavy (non-hydrogen) atoms. The van der Waals surface area contributed by atoms with Crippen LogP contribution in [0.5, 0.6) is 5.75 Å². The van der Waals surface area contributed by atoms with Crippen LogP contribution in [0.25, 0.3) is 10.8 Å². The quantitative estimate of drug-likeness (QED) is 0.745. The smallest absolute Gasteiger partial charge is 0.335 e. The lowest BCUT2D eigenvalue weighted by molar-refractivity contribution is 0.0697. The number of hydrogen-bond donors (Lipinski definition) is 2. The maximum Gasteiger partial charge on any atom is 0.335 e. The van der Waals surface area contributed by atoms with Gasteiger partial charge in [0.2, 0.25) is 0 Å². The fourth-order valence-electron chi connectivity index (χ4n) is 1.80. The van der Waals surface area contributed by atoms with Gasteiger partial charge in [-0.05, 0) is 35.7 Å². The van der Waals surface area contributed by atoms with Crippen molar-refractivity contribution >= 4 is 29.0 Å². The van der Waals surface area contributed by atoms with E-state index in [9.17, 15) is 4.79 Å². The molecule has 3 rings (SSSR count). The van der Waals surface area contributed by atoms with Crippen LogP contribution < -0.4 is 10.1 Å². The maximum absolute atomic E-state index is 10.8. The molecule has 0 aliphatic carbocycles. The summed E-state index contributed by atoms with van der Waals surface area (Å²) in [4.78, 5) is 11.5. The van der Waals surface area contributed by atoms with Crippen molar-refractivity contribution in [1.29, 1.82) is 0 Å². The lowest BCUT2D eigenvalue weighted by Crippen LogP contribution is -1.96. The largest absolute Gasteiger partial charge is 0.495 e. The highest BCUT2D eigenvalue weighted by Crippen LogP contribution is 2.35. The summed E-state index contributed by atoms with van der Waals surface area (Å²) >= 11 is 1.44. The van der Waals surface area contributed by atoms with Crippen molar-refractivity contribution in [2.45, 2.75) is 0 Å². The van der Waals surface area contributed by atoms with Gasteiger partial charge < -0.3 is 19.6 Å². The second kappa shape index (κ2) is 5.86. The van der Waals surface area contributed by atoms with E-state index in [0.29, 0.717) is 17.3 Å². The third-order valence-electron chi connectivity index (χ3n) is 2.85. The number of carboxylic acids is 1. The van der Waals surface area contributed by atoms with Crippen molar-refractivity contribution in [3.8, 4) is 16.5 Å². The molecule has 0 fully saturated rings. The molecular formula is C14H11N3O4S. The number of hydrogen-bond acceptors (Lipinski definition) is 7. The third kappa shape index (κ3) is 2.77. The number of aromatic nitrogens is 2. The Kier molecular flexibility index (Phi) is 3.75. The fraction of sp³-hybridized carbons (Fsp3) is 0.0714. The number of anilines is 2. The summed E-state index contributed by atoms with van der Waals surface area (Å²) in [5, 5.41) is 21.5. The predicted octanol–water partition coefficient (Wildman–Crippen LogP) is 3.25. The topological polar surface area (TPSA) is 97.5 Å². The number of carbonyl (C=O) groups is 1. The molecule has 8 heteroatoms. The summed E-state index contributed by atoms with van der Waals surface area (Å²) in [6.07, 6.45) is 0. The van der Waals surface area contributed by atoms with Crippen molar-refractivity contribution in [1.82, 2.24) is 10.2 Å². The molecule has 1 aromatic carbocycles. The third-order valence-corrected chi connectivity index (χ3v) is 3.74. The Hall–Kier alpha value is -2.87. The first kappa shape index (κ1) is 14.1. The zero-order valence-corrected chi connectivity index (χ0v) is 12.3. The Balaban J connectivity index is 1.78. The Labute approximate surface area is 129 Å². The number of nitrogens with one attached hydrogen (secondary N) is 1. The van der Waals surface area contributed by atoms with Crippen molar-refractivity contribution in [3.63, 3.8) is 0 Å². The first-order valence-corrected chi connectivity index (χ1v) is 7.11. The highest BCUT2D eigenvalue weighted by atomic mass is 32.1. The molecule has 0 amide bonds. The van der Waals surface area contributed by atoms with Crippen molar-refractivity contribution in [2.75, 3.05) is 12.4 Å². The molecule has 2 heterocycles. The zero-order valence-electron chi connectivity index (χ0n) is 11.4. The second-order valence-electron chi connectivity index (χ2n) is 4.24. The van der Waals surface area contributed by atoms with Crippen molar-refractivity contribution in [2.24, 2.45) is 0 Å². The van der Waals surface area contributed by atoms with Crippen LogP contribution in [0.4, 0.5) is 11.7 Å². The first-order valence-electron chi connectivity index (χ1n) is 6.23. The summed E-state index contributed by atoms with van der Waals surface area (Å²) in [6.45, 7) is 0. The lowest BCUT2D eigenvalue weighted by Gasteiger charge is -2.01. The van der Waals surface area contributed by atoms with Gasteiger partial charge in [-0.2, -0.15) is 0 Å².